The van der Waals surface area contributed by atoms with Crippen LogP contribution in [0.1, 0.15) is 22.7 Å². The van der Waals surface area contributed by atoms with E-state index in [1.54, 1.807) is 12.1 Å². The Morgan fingerprint density at radius 1 is 1.41 bits per heavy atom. The fourth-order valence-electron chi connectivity index (χ4n) is 2.79. The van der Waals surface area contributed by atoms with Crippen LogP contribution < -0.4 is 10.2 Å². The molecule has 1 aliphatic rings. The summed E-state index contributed by atoms with van der Waals surface area (Å²) in [5.41, 5.74) is 1.23. The van der Waals surface area contributed by atoms with E-state index in [2.05, 4.69) is 38.3 Å². The lowest BCUT2D eigenvalue weighted by Gasteiger charge is -2.19. The number of amides is 1. The molecule has 1 aromatic heterocycles. The molecule has 0 radical (unpaired) electrons. The Labute approximate surface area is 138 Å². The second-order valence-electron chi connectivity index (χ2n) is 5.70. The van der Waals surface area contributed by atoms with Gasteiger partial charge in [0.25, 0.3) is 5.91 Å². The first-order valence-corrected chi connectivity index (χ1v) is 8.26. The Hall–Kier alpha value is -1.75. The van der Waals surface area contributed by atoms with E-state index >= 15 is 0 Å². The van der Waals surface area contributed by atoms with E-state index in [-0.39, 0.29) is 5.91 Å². The summed E-state index contributed by atoms with van der Waals surface area (Å²) in [6.45, 7) is 4.51. The molecule has 5 heteroatoms. The first-order chi connectivity index (χ1) is 10.6. The zero-order valence-corrected chi connectivity index (χ0v) is 14.1. The van der Waals surface area contributed by atoms with Gasteiger partial charge in [0.1, 0.15) is 5.76 Å². The Morgan fingerprint density at radius 3 is 3.00 bits per heavy atom. The van der Waals surface area contributed by atoms with E-state index in [1.807, 2.05) is 19.1 Å². The largest absolute Gasteiger partial charge is 0.456 e. The van der Waals surface area contributed by atoms with Gasteiger partial charge in [-0.05, 0) is 49.6 Å². The van der Waals surface area contributed by atoms with Crippen molar-refractivity contribution in [2.45, 2.75) is 13.3 Å². The highest BCUT2D eigenvalue weighted by Crippen LogP contribution is 2.26. The summed E-state index contributed by atoms with van der Waals surface area (Å²) in [5.74, 6) is 1.49. The molecule has 0 bridgehead atoms. The van der Waals surface area contributed by atoms with Crippen molar-refractivity contribution in [1.29, 1.82) is 0 Å². The van der Waals surface area contributed by atoms with Gasteiger partial charge in [-0.1, -0.05) is 22.0 Å². The predicted molar refractivity (Wildman–Crippen MR) is 90.2 cm³/mol. The number of rotatable bonds is 4. The lowest BCUT2D eigenvalue weighted by atomic mass is 10.1. The minimum atomic E-state index is -0.131. The number of halogens is 1. The van der Waals surface area contributed by atoms with Gasteiger partial charge in [-0.3, -0.25) is 4.79 Å². The molecule has 1 atom stereocenters. The smallest absolute Gasteiger partial charge is 0.287 e. The van der Waals surface area contributed by atoms with Gasteiger partial charge < -0.3 is 14.6 Å². The van der Waals surface area contributed by atoms with Gasteiger partial charge in [0, 0.05) is 29.8 Å². The molecule has 2 heterocycles. The van der Waals surface area contributed by atoms with Crippen LogP contribution in [0.4, 0.5) is 5.69 Å². The van der Waals surface area contributed by atoms with Crippen LogP contribution in [0, 0.1) is 12.8 Å². The zero-order valence-electron chi connectivity index (χ0n) is 12.5. The molecule has 1 N–H and O–H groups in total. The summed E-state index contributed by atoms with van der Waals surface area (Å²) in [7, 11) is 0. The van der Waals surface area contributed by atoms with E-state index in [0.717, 1.165) is 29.7 Å². The normalized spacial score (nSPS) is 17.7. The van der Waals surface area contributed by atoms with Gasteiger partial charge in [-0.25, -0.2) is 0 Å². The Morgan fingerprint density at radius 2 is 2.27 bits per heavy atom. The molecule has 1 aromatic carbocycles. The number of nitrogens with one attached hydrogen (secondary N) is 1. The summed E-state index contributed by atoms with van der Waals surface area (Å²) >= 11 is 3.51. The maximum absolute atomic E-state index is 12.0. The fourth-order valence-corrected chi connectivity index (χ4v) is 3.17. The molecule has 1 unspecified atom stereocenters. The second kappa shape index (κ2) is 6.57. The third-order valence-corrected chi connectivity index (χ3v) is 4.47. The molecule has 1 fully saturated rings. The van der Waals surface area contributed by atoms with Crippen LogP contribution in [0.25, 0.3) is 0 Å². The highest BCUT2D eigenvalue weighted by Gasteiger charge is 2.23. The van der Waals surface area contributed by atoms with Crippen molar-refractivity contribution in [3.8, 4) is 0 Å². The summed E-state index contributed by atoms with van der Waals surface area (Å²) in [6, 6.07) is 11.9. The highest BCUT2D eigenvalue weighted by molar-refractivity contribution is 9.10. The number of furan rings is 1. The van der Waals surface area contributed by atoms with Crippen molar-refractivity contribution in [3.63, 3.8) is 0 Å². The molecule has 0 saturated carbocycles. The Bertz CT molecular complexity index is 668. The van der Waals surface area contributed by atoms with Gasteiger partial charge >= 0.3 is 0 Å². The summed E-state index contributed by atoms with van der Waals surface area (Å²) in [4.78, 5) is 14.3. The van der Waals surface area contributed by atoms with Crippen LogP contribution >= 0.6 is 15.9 Å². The average Bonchev–Trinajstić information content (AvgIpc) is 3.14. The van der Waals surface area contributed by atoms with Crippen molar-refractivity contribution >= 4 is 27.5 Å². The number of benzene rings is 1. The summed E-state index contributed by atoms with van der Waals surface area (Å²) in [6.07, 6.45) is 1.09. The van der Waals surface area contributed by atoms with Crippen molar-refractivity contribution in [2.75, 3.05) is 24.5 Å². The van der Waals surface area contributed by atoms with Gasteiger partial charge in [-0.15, -0.1) is 0 Å². The van der Waals surface area contributed by atoms with E-state index < -0.39 is 0 Å². The van der Waals surface area contributed by atoms with Crippen molar-refractivity contribution in [3.05, 3.63) is 52.4 Å². The topological polar surface area (TPSA) is 45.5 Å². The molecule has 1 aliphatic heterocycles. The molecule has 0 spiro atoms. The molecule has 0 aliphatic carbocycles. The number of hydrogen-bond acceptors (Lipinski definition) is 3. The van der Waals surface area contributed by atoms with Gasteiger partial charge in [0.2, 0.25) is 0 Å². The van der Waals surface area contributed by atoms with Crippen LogP contribution in [0.15, 0.2) is 45.3 Å². The standard InChI is InChI=1S/C17H19BrN2O2/c1-12-5-6-16(22-12)17(21)19-10-13-7-8-20(11-13)15-4-2-3-14(18)9-15/h2-6,9,13H,7-8,10-11H2,1H3,(H,19,21). The maximum Gasteiger partial charge on any atom is 0.287 e. The lowest BCUT2D eigenvalue weighted by molar-refractivity contribution is 0.0919. The monoisotopic (exact) mass is 362 g/mol. The SMILES string of the molecule is Cc1ccc(C(=O)NCC2CCN(c3cccc(Br)c3)C2)o1. The first kappa shape index (κ1) is 15.2. The molecular formula is C17H19BrN2O2. The fraction of sp³-hybridized carbons (Fsp3) is 0.353. The number of nitrogens with zero attached hydrogens (tertiary/aromatic N) is 1. The first-order valence-electron chi connectivity index (χ1n) is 7.47. The van der Waals surface area contributed by atoms with Gasteiger partial charge in [0.05, 0.1) is 0 Å². The predicted octanol–water partition coefficient (Wildman–Crippen LogP) is 3.61. The number of carbonyl (C=O) groups excluding carboxylic acids is 1. The van der Waals surface area contributed by atoms with E-state index in [4.69, 9.17) is 4.42 Å². The zero-order chi connectivity index (χ0) is 15.5. The average molecular weight is 363 g/mol. The maximum atomic E-state index is 12.0. The second-order valence-corrected chi connectivity index (χ2v) is 6.62. The number of carbonyl (C=O) groups is 1. The number of aryl methyl sites for hydroxylation is 1. The van der Waals surface area contributed by atoms with Crippen LogP contribution in [0.2, 0.25) is 0 Å². The Balaban J connectivity index is 1.52. The minimum absolute atomic E-state index is 0.131. The van der Waals surface area contributed by atoms with E-state index in [0.29, 0.717) is 18.2 Å². The lowest BCUT2D eigenvalue weighted by Crippen LogP contribution is -2.30. The molecule has 2 aromatic rings. The number of anilines is 1. The van der Waals surface area contributed by atoms with Crippen molar-refractivity contribution in [1.82, 2.24) is 5.32 Å². The number of hydrogen-bond donors (Lipinski definition) is 1. The third kappa shape index (κ3) is 3.53. The minimum Gasteiger partial charge on any atom is -0.456 e. The van der Waals surface area contributed by atoms with Crippen LogP contribution in [0.5, 0.6) is 0 Å². The molecular weight excluding hydrogens is 344 g/mol. The van der Waals surface area contributed by atoms with E-state index in [9.17, 15) is 4.79 Å². The van der Waals surface area contributed by atoms with Crippen molar-refractivity contribution in [2.24, 2.45) is 5.92 Å². The van der Waals surface area contributed by atoms with Crippen LogP contribution in [-0.4, -0.2) is 25.5 Å². The molecule has 116 valence electrons. The Kier molecular flexibility index (Phi) is 4.52. The van der Waals surface area contributed by atoms with Crippen LogP contribution in [-0.2, 0) is 0 Å². The summed E-state index contributed by atoms with van der Waals surface area (Å²) in [5, 5.41) is 2.97. The molecule has 1 saturated heterocycles. The third-order valence-electron chi connectivity index (χ3n) is 3.97. The van der Waals surface area contributed by atoms with Crippen molar-refractivity contribution < 1.29 is 9.21 Å². The molecule has 1 amide bonds. The highest BCUT2D eigenvalue weighted by atomic mass is 79.9. The quantitative estimate of drug-likeness (QED) is 0.903. The molecule has 22 heavy (non-hydrogen) atoms. The molecule has 4 nitrogen and oxygen atoms in total. The van der Waals surface area contributed by atoms with Gasteiger partial charge in [-0.2, -0.15) is 0 Å². The molecule has 3 rings (SSSR count). The van der Waals surface area contributed by atoms with Crippen LogP contribution in [0.3, 0.4) is 0 Å². The van der Waals surface area contributed by atoms with Gasteiger partial charge in [0.15, 0.2) is 5.76 Å². The van der Waals surface area contributed by atoms with E-state index in [1.165, 1.54) is 5.69 Å². The summed E-state index contributed by atoms with van der Waals surface area (Å²) < 4.78 is 6.43.